The minimum Gasteiger partial charge on any atom is -0.493 e. The van der Waals surface area contributed by atoms with Gasteiger partial charge in [0, 0.05) is 16.9 Å². The van der Waals surface area contributed by atoms with E-state index >= 15 is 0 Å². The molecule has 5 nitrogen and oxygen atoms in total. The van der Waals surface area contributed by atoms with Gasteiger partial charge in [0.15, 0.2) is 11.5 Å². The molecule has 0 bridgehead atoms. The number of hydrogen-bond donors (Lipinski definition) is 1. The van der Waals surface area contributed by atoms with E-state index in [1.54, 1.807) is 14.2 Å². The molecule has 0 fully saturated rings. The Morgan fingerprint density at radius 1 is 0.969 bits per heavy atom. The Labute approximate surface area is 196 Å². The second-order valence-electron chi connectivity index (χ2n) is 7.34. The van der Waals surface area contributed by atoms with Crippen LogP contribution in [0.15, 0.2) is 71.2 Å². The van der Waals surface area contributed by atoms with Crippen molar-refractivity contribution in [2.45, 2.75) is 5.92 Å². The second kappa shape index (κ2) is 9.92. The highest BCUT2D eigenvalue weighted by molar-refractivity contribution is 9.10. The summed E-state index contributed by atoms with van der Waals surface area (Å²) in [7, 11) is 3.19. The molecule has 32 heavy (non-hydrogen) atoms. The van der Waals surface area contributed by atoms with E-state index in [9.17, 15) is 4.79 Å². The van der Waals surface area contributed by atoms with Crippen molar-refractivity contribution >= 4 is 28.1 Å². The molecule has 0 unspecified atom stereocenters. The average molecular weight is 494 g/mol. The Morgan fingerprint density at radius 3 is 2.19 bits per heavy atom. The minimum absolute atomic E-state index is 0.0476. The van der Waals surface area contributed by atoms with E-state index in [0.29, 0.717) is 24.7 Å². The molecule has 3 aromatic rings. The lowest BCUT2D eigenvalue weighted by Gasteiger charge is -2.14. The molecule has 164 valence electrons. The van der Waals surface area contributed by atoms with Crippen LogP contribution in [0.5, 0.6) is 11.5 Å². The van der Waals surface area contributed by atoms with Crippen molar-refractivity contribution < 1.29 is 19.0 Å². The standard InChI is InChI=1S/C26H24BrNO4/c1-30-24-14-17(23(27)15-25(24)31-2)8-7-13-28-26(29)32-16-22-20-11-5-3-9-18(20)19-10-4-6-12-21(19)22/h3-12,14-15,22H,13,16H2,1-2H3,(H,28,29). The molecule has 6 heteroatoms. The maximum atomic E-state index is 12.3. The van der Waals surface area contributed by atoms with Crippen LogP contribution in [0, 0.1) is 0 Å². The van der Waals surface area contributed by atoms with Crippen molar-refractivity contribution in [2.24, 2.45) is 0 Å². The molecule has 0 aromatic heterocycles. The molecule has 0 radical (unpaired) electrons. The number of halogens is 1. The molecule has 1 aliphatic rings. The third kappa shape index (κ3) is 4.50. The van der Waals surface area contributed by atoms with Crippen LogP contribution in [0.2, 0.25) is 0 Å². The van der Waals surface area contributed by atoms with Crippen LogP contribution in [-0.4, -0.2) is 33.5 Å². The van der Waals surface area contributed by atoms with Crippen molar-refractivity contribution in [3.63, 3.8) is 0 Å². The van der Waals surface area contributed by atoms with Gasteiger partial charge in [-0.1, -0.05) is 76.6 Å². The SMILES string of the molecule is COc1cc(Br)c(C=CCNC(=O)OCC2c3ccccc3-c3ccccc32)cc1OC. The molecule has 0 saturated heterocycles. The Balaban J connectivity index is 1.34. The van der Waals surface area contributed by atoms with E-state index in [0.717, 1.165) is 10.0 Å². The predicted octanol–water partition coefficient (Wildman–Crippen LogP) is 6.02. The molecule has 0 aliphatic heterocycles. The first-order valence-corrected chi connectivity index (χ1v) is 11.1. The fourth-order valence-electron chi connectivity index (χ4n) is 3.98. The summed E-state index contributed by atoms with van der Waals surface area (Å²) in [5.41, 5.74) is 5.72. The van der Waals surface area contributed by atoms with Crippen molar-refractivity contribution in [3.05, 3.63) is 87.9 Å². The topological polar surface area (TPSA) is 56.8 Å². The molecule has 1 amide bonds. The largest absolute Gasteiger partial charge is 0.493 e. The Bertz CT molecular complexity index is 1110. The summed E-state index contributed by atoms with van der Waals surface area (Å²) in [6.45, 7) is 0.641. The summed E-state index contributed by atoms with van der Waals surface area (Å²) in [4.78, 5) is 12.3. The maximum Gasteiger partial charge on any atom is 0.407 e. The molecule has 0 heterocycles. The van der Waals surface area contributed by atoms with Crippen molar-refractivity contribution in [2.75, 3.05) is 27.4 Å². The fourth-order valence-corrected chi connectivity index (χ4v) is 4.43. The van der Waals surface area contributed by atoms with E-state index < -0.39 is 6.09 Å². The van der Waals surface area contributed by atoms with E-state index in [1.165, 1.54) is 22.3 Å². The van der Waals surface area contributed by atoms with Crippen molar-refractivity contribution in [1.29, 1.82) is 0 Å². The summed E-state index contributed by atoms with van der Waals surface area (Å²) >= 11 is 3.52. The molecule has 1 N–H and O–H groups in total. The van der Waals surface area contributed by atoms with Gasteiger partial charge in [-0.05, 0) is 39.9 Å². The molecule has 3 aromatic carbocycles. The highest BCUT2D eigenvalue weighted by Crippen LogP contribution is 2.44. The maximum absolute atomic E-state index is 12.3. The molecular formula is C26H24BrNO4. The van der Waals surface area contributed by atoms with Gasteiger partial charge in [0.25, 0.3) is 0 Å². The van der Waals surface area contributed by atoms with Gasteiger partial charge in [-0.25, -0.2) is 4.79 Å². The number of carbonyl (C=O) groups is 1. The van der Waals surface area contributed by atoms with E-state index in [4.69, 9.17) is 14.2 Å². The first-order valence-electron chi connectivity index (χ1n) is 10.3. The number of amides is 1. The van der Waals surface area contributed by atoms with Crippen LogP contribution < -0.4 is 14.8 Å². The zero-order chi connectivity index (χ0) is 22.5. The van der Waals surface area contributed by atoms with Gasteiger partial charge >= 0.3 is 6.09 Å². The lowest BCUT2D eigenvalue weighted by Crippen LogP contribution is -2.26. The molecule has 0 atom stereocenters. The Kier molecular flexibility index (Phi) is 6.81. The first kappa shape index (κ1) is 22.0. The van der Waals surface area contributed by atoms with E-state index in [-0.39, 0.29) is 5.92 Å². The number of rotatable bonds is 7. The van der Waals surface area contributed by atoms with Gasteiger partial charge in [0.1, 0.15) is 6.61 Å². The molecule has 4 rings (SSSR count). The summed E-state index contributed by atoms with van der Waals surface area (Å²) in [6.07, 6.45) is 3.31. The molecule has 1 aliphatic carbocycles. The van der Waals surface area contributed by atoms with Crippen LogP contribution in [0.3, 0.4) is 0 Å². The third-order valence-corrected chi connectivity index (χ3v) is 6.19. The van der Waals surface area contributed by atoms with Crippen LogP contribution in [0.4, 0.5) is 4.79 Å². The number of ether oxygens (including phenoxy) is 3. The number of benzene rings is 3. The smallest absolute Gasteiger partial charge is 0.407 e. The van der Waals surface area contributed by atoms with Gasteiger partial charge in [-0.3, -0.25) is 0 Å². The quantitative estimate of drug-likeness (QED) is 0.437. The fraction of sp³-hybridized carbons (Fsp3) is 0.192. The zero-order valence-corrected chi connectivity index (χ0v) is 19.5. The third-order valence-electron chi connectivity index (χ3n) is 5.51. The van der Waals surface area contributed by atoms with Crippen LogP contribution >= 0.6 is 15.9 Å². The number of hydrogen-bond acceptors (Lipinski definition) is 4. The summed E-state index contributed by atoms with van der Waals surface area (Å²) < 4.78 is 17.0. The van der Waals surface area contributed by atoms with Gasteiger partial charge in [0.05, 0.1) is 14.2 Å². The van der Waals surface area contributed by atoms with E-state index in [1.807, 2.05) is 48.6 Å². The van der Waals surface area contributed by atoms with Crippen molar-refractivity contribution in [3.8, 4) is 22.6 Å². The monoisotopic (exact) mass is 493 g/mol. The normalized spacial score (nSPS) is 12.3. The van der Waals surface area contributed by atoms with Crippen molar-refractivity contribution in [1.82, 2.24) is 5.32 Å². The summed E-state index contributed by atoms with van der Waals surface area (Å²) in [5, 5.41) is 2.78. The first-order chi connectivity index (χ1) is 15.6. The lowest BCUT2D eigenvalue weighted by molar-refractivity contribution is 0.144. The summed E-state index contributed by atoms with van der Waals surface area (Å²) in [5.74, 6) is 1.33. The molecule has 0 saturated carbocycles. The van der Waals surface area contributed by atoms with Gasteiger partial charge in [-0.2, -0.15) is 0 Å². The number of carbonyl (C=O) groups excluding carboxylic acids is 1. The average Bonchev–Trinajstić information content (AvgIpc) is 3.14. The second-order valence-corrected chi connectivity index (χ2v) is 8.19. The number of methoxy groups -OCH3 is 2. The number of alkyl carbamates (subject to hydrolysis) is 1. The molecule has 0 spiro atoms. The van der Waals surface area contributed by atoms with Gasteiger partial charge < -0.3 is 19.5 Å². The minimum atomic E-state index is -0.442. The highest BCUT2D eigenvalue weighted by atomic mass is 79.9. The lowest BCUT2D eigenvalue weighted by atomic mass is 9.98. The Hall–Kier alpha value is -3.25. The van der Waals surface area contributed by atoms with Gasteiger partial charge in [0.2, 0.25) is 0 Å². The zero-order valence-electron chi connectivity index (χ0n) is 17.9. The number of fused-ring (bicyclic) bond motifs is 3. The van der Waals surface area contributed by atoms with Crippen LogP contribution in [-0.2, 0) is 4.74 Å². The van der Waals surface area contributed by atoms with Crippen LogP contribution in [0.1, 0.15) is 22.6 Å². The number of nitrogens with one attached hydrogen (secondary N) is 1. The highest BCUT2D eigenvalue weighted by Gasteiger charge is 2.28. The summed E-state index contributed by atoms with van der Waals surface area (Å²) in [6, 6.07) is 20.3. The van der Waals surface area contributed by atoms with E-state index in [2.05, 4.69) is 45.5 Å². The molecular weight excluding hydrogens is 470 g/mol. The van der Waals surface area contributed by atoms with Gasteiger partial charge in [-0.15, -0.1) is 0 Å². The predicted molar refractivity (Wildman–Crippen MR) is 129 cm³/mol. The Morgan fingerprint density at radius 2 is 1.56 bits per heavy atom. The van der Waals surface area contributed by atoms with Crippen LogP contribution in [0.25, 0.3) is 17.2 Å².